The number of benzene rings is 1. The van der Waals surface area contributed by atoms with Gasteiger partial charge in [-0.25, -0.2) is 4.39 Å². The monoisotopic (exact) mass is 347 g/mol. The second-order valence-corrected chi connectivity index (χ2v) is 6.14. The predicted octanol–water partition coefficient (Wildman–Crippen LogP) is 4.23. The Morgan fingerprint density at radius 1 is 1.39 bits per heavy atom. The van der Waals surface area contributed by atoms with E-state index < -0.39 is 11.7 Å². The lowest BCUT2D eigenvalue weighted by Crippen LogP contribution is -2.23. The zero-order valence-corrected chi connectivity index (χ0v) is 12.2. The average molecular weight is 349 g/mol. The first-order valence-corrected chi connectivity index (χ1v) is 7.03. The summed E-state index contributed by atoms with van der Waals surface area (Å²) >= 11 is 10.2. The van der Waals surface area contributed by atoms with Gasteiger partial charge in [-0.05, 0) is 40.2 Å². The lowest BCUT2D eigenvalue weighted by atomic mass is 10.2. The Labute approximate surface area is 121 Å². The largest absolute Gasteiger partial charge is 0.347 e. The Kier molecular flexibility index (Phi) is 4.37. The van der Waals surface area contributed by atoms with Gasteiger partial charge < -0.3 is 5.32 Å². The Bertz CT molecular complexity index is 587. The van der Waals surface area contributed by atoms with Crippen molar-refractivity contribution in [2.45, 2.75) is 6.54 Å². The highest BCUT2D eigenvalue weighted by molar-refractivity contribution is 9.10. The number of carbonyl (C=O) groups excluding carboxylic acids is 1. The first-order valence-electron chi connectivity index (χ1n) is 5.04. The summed E-state index contributed by atoms with van der Waals surface area (Å²) < 4.78 is 14.6. The van der Waals surface area contributed by atoms with Crippen LogP contribution in [-0.2, 0) is 6.54 Å². The molecule has 0 aliphatic carbocycles. The molecule has 18 heavy (non-hydrogen) atoms. The average Bonchev–Trinajstić information content (AvgIpc) is 2.76. The van der Waals surface area contributed by atoms with Gasteiger partial charge >= 0.3 is 0 Å². The molecule has 0 spiro atoms. The number of thiophene rings is 1. The van der Waals surface area contributed by atoms with E-state index in [-0.39, 0.29) is 10.0 Å². The van der Waals surface area contributed by atoms with Crippen LogP contribution in [-0.4, -0.2) is 5.91 Å². The van der Waals surface area contributed by atoms with Crippen LogP contribution in [0.1, 0.15) is 15.2 Å². The van der Waals surface area contributed by atoms with Crippen molar-refractivity contribution in [3.63, 3.8) is 0 Å². The standard InChI is InChI=1S/C12H8BrClFNOS/c13-9-3-1-2-8(11(9)15)12(17)16-6-7-4-5-10(14)18-7/h1-5H,6H2,(H,16,17). The van der Waals surface area contributed by atoms with Gasteiger partial charge in [0.05, 0.1) is 20.9 Å². The van der Waals surface area contributed by atoms with E-state index >= 15 is 0 Å². The molecule has 0 unspecified atom stereocenters. The van der Waals surface area contributed by atoms with Crippen molar-refractivity contribution in [3.05, 3.63) is 55.4 Å². The van der Waals surface area contributed by atoms with Gasteiger partial charge in [0, 0.05) is 4.88 Å². The third kappa shape index (κ3) is 3.10. The third-order valence-corrected chi connectivity index (χ3v) is 4.09. The minimum absolute atomic E-state index is 0.0204. The second kappa shape index (κ2) is 5.82. The van der Waals surface area contributed by atoms with Crippen LogP contribution in [0, 0.1) is 5.82 Å². The molecule has 0 atom stereocenters. The number of rotatable bonds is 3. The molecular weight excluding hydrogens is 341 g/mol. The fraction of sp³-hybridized carbons (Fsp3) is 0.0833. The molecule has 1 aromatic heterocycles. The van der Waals surface area contributed by atoms with Gasteiger partial charge in [-0.2, -0.15) is 0 Å². The van der Waals surface area contributed by atoms with Crippen LogP contribution >= 0.6 is 38.9 Å². The maximum atomic E-state index is 13.7. The molecule has 1 aromatic carbocycles. The van der Waals surface area contributed by atoms with Crippen molar-refractivity contribution < 1.29 is 9.18 Å². The van der Waals surface area contributed by atoms with E-state index in [1.807, 2.05) is 6.07 Å². The second-order valence-electron chi connectivity index (χ2n) is 3.49. The topological polar surface area (TPSA) is 29.1 Å². The molecule has 1 amide bonds. The van der Waals surface area contributed by atoms with Gasteiger partial charge in [0.25, 0.3) is 5.91 Å². The van der Waals surface area contributed by atoms with Crippen LogP contribution in [0.3, 0.4) is 0 Å². The molecule has 0 fully saturated rings. The number of nitrogens with one attached hydrogen (secondary N) is 1. The summed E-state index contributed by atoms with van der Waals surface area (Å²) in [6.45, 7) is 0.335. The molecule has 2 aromatic rings. The Hall–Kier alpha value is -0.910. The maximum Gasteiger partial charge on any atom is 0.254 e. The molecule has 2 rings (SSSR count). The predicted molar refractivity (Wildman–Crippen MR) is 74.6 cm³/mol. The van der Waals surface area contributed by atoms with Crippen LogP contribution in [0.25, 0.3) is 0 Å². The highest BCUT2D eigenvalue weighted by Gasteiger charge is 2.13. The molecule has 94 valence electrons. The highest BCUT2D eigenvalue weighted by Crippen LogP contribution is 2.22. The minimum atomic E-state index is -0.556. The highest BCUT2D eigenvalue weighted by atomic mass is 79.9. The maximum absolute atomic E-state index is 13.7. The van der Waals surface area contributed by atoms with Crippen molar-refractivity contribution in [1.82, 2.24) is 5.32 Å². The summed E-state index contributed by atoms with van der Waals surface area (Å²) in [6.07, 6.45) is 0. The summed E-state index contributed by atoms with van der Waals surface area (Å²) in [5.41, 5.74) is 0.0204. The molecule has 0 saturated carbocycles. The summed E-state index contributed by atoms with van der Waals surface area (Å²) in [6, 6.07) is 8.18. The number of carbonyl (C=O) groups is 1. The number of hydrogen-bond acceptors (Lipinski definition) is 2. The van der Waals surface area contributed by atoms with Crippen molar-refractivity contribution >= 4 is 44.8 Å². The van der Waals surface area contributed by atoms with Gasteiger partial charge in [0.2, 0.25) is 0 Å². The van der Waals surface area contributed by atoms with Gasteiger partial charge in [0.15, 0.2) is 0 Å². The molecule has 0 bridgehead atoms. The van der Waals surface area contributed by atoms with Gasteiger partial charge in [0.1, 0.15) is 5.82 Å². The Balaban J connectivity index is 2.06. The zero-order valence-electron chi connectivity index (χ0n) is 9.04. The first kappa shape index (κ1) is 13.5. The minimum Gasteiger partial charge on any atom is -0.347 e. The van der Waals surface area contributed by atoms with E-state index in [1.165, 1.54) is 17.4 Å². The van der Waals surface area contributed by atoms with Crippen molar-refractivity contribution in [3.8, 4) is 0 Å². The number of halogens is 3. The first-order chi connectivity index (χ1) is 8.58. The summed E-state index contributed by atoms with van der Waals surface area (Å²) in [5.74, 6) is -1.00. The van der Waals surface area contributed by atoms with Crippen LogP contribution in [0.5, 0.6) is 0 Å². The van der Waals surface area contributed by atoms with Crippen molar-refractivity contribution in [2.24, 2.45) is 0 Å². The summed E-state index contributed by atoms with van der Waals surface area (Å²) in [4.78, 5) is 12.7. The van der Waals surface area contributed by atoms with Gasteiger partial charge in [-0.1, -0.05) is 17.7 Å². The van der Waals surface area contributed by atoms with Gasteiger partial charge in [-0.3, -0.25) is 4.79 Å². The number of amides is 1. The van der Waals surface area contributed by atoms with Gasteiger partial charge in [-0.15, -0.1) is 11.3 Å². The van der Waals surface area contributed by atoms with E-state index in [4.69, 9.17) is 11.6 Å². The smallest absolute Gasteiger partial charge is 0.254 e. The molecule has 1 heterocycles. The van der Waals surface area contributed by atoms with Crippen LogP contribution in [0.2, 0.25) is 4.34 Å². The zero-order chi connectivity index (χ0) is 13.1. The van der Waals surface area contributed by atoms with E-state index in [9.17, 15) is 9.18 Å². The fourth-order valence-electron chi connectivity index (χ4n) is 1.39. The van der Waals surface area contributed by atoms with E-state index in [0.717, 1.165) is 4.88 Å². The molecule has 0 radical (unpaired) electrons. The van der Waals surface area contributed by atoms with Crippen molar-refractivity contribution in [2.75, 3.05) is 0 Å². The van der Waals surface area contributed by atoms with Crippen molar-refractivity contribution in [1.29, 1.82) is 0 Å². The number of hydrogen-bond donors (Lipinski definition) is 1. The van der Waals surface area contributed by atoms with E-state index in [2.05, 4.69) is 21.2 Å². The summed E-state index contributed by atoms with van der Waals surface area (Å²) in [7, 11) is 0. The normalized spacial score (nSPS) is 10.4. The quantitative estimate of drug-likeness (QED) is 0.883. The van der Waals surface area contributed by atoms with E-state index in [0.29, 0.717) is 10.9 Å². The van der Waals surface area contributed by atoms with Crippen LogP contribution in [0.4, 0.5) is 4.39 Å². The summed E-state index contributed by atoms with van der Waals surface area (Å²) in [5, 5.41) is 2.65. The lowest BCUT2D eigenvalue weighted by molar-refractivity contribution is 0.0947. The molecule has 0 saturated heterocycles. The van der Waals surface area contributed by atoms with E-state index in [1.54, 1.807) is 18.2 Å². The molecule has 0 aliphatic heterocycles. The fourth-order valence-corrected chi connectivity index (χ4v) is 2.78. The third-order valence-electron chi connectivity index (χ3n) is 2.25. The molecule has 0 aliphatic rings. The molecule has 2 nitrogen and oxygen atoms in total. The Morgan fingerprint density at radius 3 is 2.83 bits per heavy atom. The van der Waals surface area contributed by atoms with Crippen LogP contribution in [0.15, 0.2) is 34.8 Å². The Morgan fingerprint density at radius 2 is 2.17 bits per heavy atom. The van der Waals surface area contributed by atoms with Crippen LogP contribution < -0.4 is 5.32 Å². The molecule has 6 heteroatoms. The molecule has 1 N–H and O–H groups in total. The molecular formula is C12H8BrClFNOS. The SMILES string of the molecule is O=C(NCc1ccc(Cl)s1)c1cccc(Br)c1F. The lowest BCUT2D eigenvalue weighted by Gasteiger charge is -2.05.